The van der Waals surface area contributed by atoms with Gasteiger partial charge in [0, 0.05) is 41.9 Å². The predicted octanol–water partition coefficient (Wildman–Crippen LogP) is 6.45. The number of pyridine rings is 1. The van der Waals surface area contributed by atoms with Gasteiger partial charge in [-0.2, -0.15) is 4.98 Å². The third-order valence-corrected chi connectivity index (χ3v) is 11.4. The third-order valence-electron chi connectivity index (χ3n) is 6.82. The molecule has 0 fully saturated rings. The molecule has 0 unspecified atom stereocenters. The molecule has 0 atom stereocenters. The minimum Gasteiger partial charge on any atom is -0.497 e. The number of benzene rings is 1. The zero-order valence-electron chi connectivity index (χ0n) is 25.5. The molecular formula is C29H44N6O4Si. The fourth-order valence-electron chi connectivity index (χ4n) is 3.62. The van der Waals surface area contributed by atoms with E-state index in [1.54, 1.807) is 26.5 Å². The van der Waals surface area contributed by atoms with Crippen LogP contribution in [0.2, 0.25) is 18.1 Å². The van der Waals surface area contributed by atoms with Crippen molar-refractivity contribution in [2.75, 3.05) is 38.0 Å². The number of carbonyl (C=O) groups is 1. The molecule has 40 heavy (non-hydrogen) atoms. The van der Waals surface area contributed by atoms with Crippen molar-refractivity contribution >= 4 is 37.1 Å². The molecule has 0 aliphatic rings. The lowest BCUT2D eigenvalue weighted by Gasteiger charge is -2.36. The van der Waals surface area contributed by atoms with Gasteiger partial charge in [0.2, 0.25) is 5.95 Å². The second-order valence-electron chi connectivity index (χ2n) is 12.3. The lowest BCUT2D eigenvalue weighted by Crippen LogP contribution is -2.43. The van der Waals surface area contributed by atoms with Gasteiger partial charge in [0.15, 0.2) is 14.0 Å². The Morgan fingerprint density at radius 3 is 2.17 bits per heavy atom. The Hall–Kier alpha value is -3.44. The van der Waals surface area contributed by atoms with Crippen molar-refractivity contribution in [2.45, 2.75) is 71.6 Å². The van der Waals surface area contributed by atoms with E-state index >= 15 is 0 Å². The van der Waals surface area contributed by atoms with E-state index in [0.717, 1.165) is 17.4 Å². The molecular weight excluding hydrogens is 524 g/mol. The van der Waals surface area contributed by atoms with Crippen LogP contribution in [0.25, 0.3) is 22.2 Å². The van der Waals surface area contributed by atoms with Gasteiger partial charge in [0.25, 0.3) is 0 Å². The van der Waals surface area contributed by atoms with Crippen molar-refractivity contribution in [3.05, 3.63) is 30.5 Å². The monoisotopic (exact) mass is 568 g/mol. The number of carbonyl (C=O) groups excluding carboxylic acids is 1. The molecule has 0 bridgehead atoms. The lowest BCUT2D eigenvalue weighted by molar-refractivity contribution is 0.243. The first-order chi connectivity index (χ1) is 18.6. The molecule has 3 aromatic rings. The van der Waals surface area contributed by atoms with Crippen LogP contribution in [-0.2, 0) is 4.43 Å². The van der Waals surface area contributed by atoms with E-state index < -0.39 is 13.9 Å². The Morgan fingerprint density at radius 1 is 0.950 bits per heavy atom. The summed E-state index contributed by atoms with van der Waals surface area (Å²) in [6, 6.07) is 7.04. The minimum atomic E-state index is -1.78. The highest BCUT2D eigenvalue weighted by Crippen LogP contribution is 2.37. The summed E-state index contributed by atoms with van der Waals surface area (Å²) in [5, 5.41) is 9.99. The highest BCUT2D eigenvalue weighted by atomic mass is 28.4. The summed E-state index contributed by atoms with van der Waals surface area (Å²) in [6.45, 7) is 18.3. The largest absolute Gasteiger partial charge is 0.497 e. The molecule has 10 nitrogen and oxygen atoms in total. The van der Waals surface area contributed by atoms with Crippen LogP contribution in [0.3, 0.4) is 0 Å². The van der Waals surface area contributed by atoms with Crippen molar-refractivity contribution in [1.82, 2.24) is 20.3 Å². The number of anilines is 2. The topological polar surface area (TPSA) is 120 Å². The van der Waals surface area contributed by atoms with E-state index in [1.165, 1.54) is 0 Å². The minimum absolute atomic E-state index is 0.179. The lowest BCUT2D eigenvalue weighted by atomic mass is 10.0. The van der Waals surface area contributed by atoms with Crippen molar-refractivity contribution in [3.63, 3.8) is 0 Å². The number of hydrogen-bond donors (Lipinski definition) is 3. The summed E-state index contributed by atoms with van der Waals surface area (Å²) >= 11 is 0. The van der Waals surface area contributed by atoms with Crippen LogP contribution in [0.5, 0.6) is 11.5 Å². The summed E-state index contributed by atoms with van der Waals surface area (Å²) in [5.41, 5.74) is 1.48. The Bertz CT molecular complexity index is 1310. The van der Waals surface area contributed by atoms with Crippen molar-refractivity contribution < 1.29 is 18.7 Å². The van der Waals surface area contributed by atoms with Gasteiger partial charge in [-0.05, 0) is 69.1 Å². The van der Waals surface area contributed by atoms with Crippen LogP contribution >= 0.6 is 0 Å². The number of hydrogen-bond acceptors (Lipinski definition) is 8. The van der Waals surface area contributed by atoms with Gasteiger partial charge in [-0.15, -0.1) is 0 Å². The number of ether oxygens (including phenoxy) is 2. The summed E-state index contributed by atoms with van der Waals surface area (Å²) in [4.78, 5) is 26.7. The van der Waals surface area contributed by atoms with Crippen LogP contribution in [-0.4, -0.2) is 62.2 Å². The second-order valence-corrected chi connectivity index (χ2v) is 17.1. The van der Waals surface area contributed by atoms with Crippen LogP contribution in [0.15, 0.2) is 30.5 Å². The second kappa shape index (κ2) is 12.4. The van der Waals surface area contributed by atoms with E-state index in [1.807, 2.05) is 39.0 Å². The number of amides is 2. The van der Waals surface area contributed by atoms with E-state index in [-0.39, 0.29) is 11.1 Å². The molecule has 0 aliphatic carbocycles. The van der Waals surface area contributed by atoms with Crippen LogP contribution in [0.4, 0.5) is 16.6 Å². The molecule has 3 N–H and O–H groups in total. The predicted molar refractivity (Wildman–Crippen MR) is 164 cm³/mol. The summed E-state index contributed by atoms with van der Waals surface area (Å²) < 4.78 is 17.2. The maximum atomic E-state index is 12.8. The Balaban J connectivity index is 1.88. The highest BCUT2D eigenvalue weighted by Gasteiger charge is 2.36. The van der Waals surface area contributed by atoms with Crippen molar-refractivity contribution in [1.29, 1.82) is 0 Å². The van der Waals surface area contributed by atoms with E-state index in [2.05, 4.69) is 59.8 Å². The average Bonchev–Trinajstić information content (AvgIpc) is 2.85. The van der Waals surface area contributed by atoms with Gasteiger partial charge in [0.1, 0.15) is 17.3 Å². The molecule has 1 aromatic carbocycles. The number of methoxy groups -OCH3 is 2. The van der Waals surface area contributed by atoms with E-state index in [0.29, 0.717) is 47.6 Å². The maximum Gasteiger partial charge on any atom is 0.320 e. The van der Waals surface area contributed by atoms with Crippen LogP contribution in [0, 0.1) is 0 Å². The maximum absolute atomic E-state index is 12.8. The number of rotatable bonds is 10. The van der Waals surface area contributed by atoms with Crippen molar-refractivity contribution in [2.24, 2.45) is 0 Å². The summed E-state index contributed by atoms with van der Waals surface area (Å²) in [6.07, 6.45) is 2.56. The van der Waals surface area contributed by atoms with Crippen molar-refractivity contribution in [3.8, 4) is 22.6 Å². The molecule has 2 heterocycles. The van der Waals surface area contributed by atoms with Crippen LogP contribution < -0.4 is 25.4 Å². The SMILES string of the molecule is COc1cc(OC)cc(-c2cc3cnc(NCCCO[Si](C)(C)C(C)(C)C)nc3nc2NC(=O)NC(C)(C)C)c1. The molecule has 0 spiro atoms. The molecule has 0 aliphatic heterocycles. The van der Waals surface area contributed by atoms with Gasteiger partial charge >= 0.3 is 6.03 Å². The number of urea groups is 1. The molecule has 11 heteroatoms. The molecule has 2 amide bonds. The molecule has 0 saturated carbocycles. The zero-order valence-corrected chi connectivity index (χ0v) is 26.5. The molecule has 0 radical (unpaired) electrons. The normalized spacial score (nSPS) is 12.2. The third kappa shape index (κ3) is 8.28. The average molecular weight is 569 g/mol. The Kier molecular flexibility index (Phi) is 9.62. The van der Waals surface area contributed by atoms with Gasteiger partial charge < -0.3 is 24.5 Å². The standard InChI is InChI=1S/C29H44N6O4Si/c1-28(2,3)35-27(36)34-25-23(19-14-21(37-7)17-22(15-19)38-8)16-20-18-31-26(33-24(20)32-25)30-12-11-13-39-40(9,10)29(4,5)6/h14-18H,11-13H2,1-10H3,(H3,30,31,32,33,34,35,36). The van der Waals surface area contributed by atoms with Gasteiger partial charge in [0.05, 0.1) is 14.2 Å². The molecule has 0 saturated heterocycles. The first kappa shape index (κ1) is 31.1. The van der Waals surface area contributed by atoms with E-state index in [4.69, 9.17) is 18.9 Å². The molecule has 3 rings (SSSR count). The highest BCUT2D eigenvalue weighted by molar-refractivity contribution is 6.74. The zero-order chi connectivity index (χ0) is 29.7. The fourth-order valence-corrected chi connectivity index (χ4v) is 4.71. The summed E-state index contributed by atoms with van der Waals surface area (Å²) in [5.74, 6) is 2.06. The quantitative estimate of drug-likeness (QED) is 0.188. The Morgan fingerprint density at radius 2 is 1.60 bits per heavy atom. The fraction of sp³-hybridized carbons (Fsp3) is 0.517. The summed E-state index contributed by atoms with van der Waals surface area (Å²) in [7, 11) is 1.41. The van der Waals surface area contributed by atoms with E-state index in [9.17, 15) is 4.79 Å². The smallest absolute Gasteiger partial charge is 0.320 e. The first-order valence-electron chi connectivity index (χ1n) is 13.5. The van der Waals surface area contributed by atoms with Crippen LogP contribution in [0.1, 0.15) is 48.0 Å². The molecule has 218 valence electrons. The van der Waals surface area contributed by atoms with Gasteiger partial charge in [-0.3, -0.25) is 5.32 Å². The van der Waals surface area contributed by atoms with Gasteiger partial charge in [-0.1, -0.05) is 20.8 Å². The number of fused-ring (bicyclic) bond motifs is 1. The number of aromatic nitrogens is 3. The van der Waals surface area contributed by atoms with Gasteiger partial charge in [-0.25, -0.2) is 14.8 Å². The Labute approximate surface area is 238 Å². The number of nitrogens with zero attached hydrogens (tertiary/aromatic N) is 3. The molecule has 2 aromatic heterocycles. The number of nitrogens with one attached hydrogen (secondary N) is 3. The first-order valence-corrected chi connectivity index (χ1v) is 16.4.